The van der Waals surface area contributed by atoms with Crippen molar-refractivity contribution in [2.75, 3.05) is 7.11 Å². The molecule has 3 heteroatoms. The van der Waals surface area contributed by atoms with Gasteiger partial charge in [0.15, 0.2) is 0 Å². The second kappa shape index (κ2) is 3.76. The number of rotatable bonds is 4. The lowest BCUT2D eigenvalue weighted by atomic mass is 10.2. The van der Waals surface area contributed by atoms with E-state index in [4.69, 9.17) is 4.74 Å². The Kier molecular flexibility index (Phi) is 2.65. The Balaban J connectivity index is 2.12. The summed E-state index contributed by atoms with van der Waals surface area (Å²) in [6, 6.07) is 0. The third-order valence-corrected chi connectivity index (χ3v) is 3.67. The quantitative estimate of drug-likeness (QED) is 0.740. The van der Waals surface area contributed by atoms with Crippen molar-refractivity contribution in [2.24, 2.45) is 5.92 Å². The molecule has 1 aromatic rings. The fourth-order valence-electron chi connectivity index (χ4n) is 1.51. The number of aromatic nitrogens is 1. The van der Waals surface area contributed by atoms with E-state index >= 15 is 0 Å². The topological polar surface area (TPSA) is 22.1 Å². The molecule has 0 amide bonds. The second-order valence-corrected chi connectivity index (χ2v) is 4.66. The van der Waals surface area contributed by atoms with E-state index in [1.807, 2.05) is 6.20 Å². The van der Waals surface area contributed by atoms with Crippen molar-refractivity contribution in [1.82, 2.24) is 4.98 Å². The van der Waals surface area contributed by atoms with Crippen LogP contribution in [0.1, 0.15) is 35.8 Å². The van der Waals surface area contributed by atoms with Crippen LogP contribution < -0.4 is 0 Å². The average Bonchev–Trinajstić information content (AvgIpc) is 2.85. The van der Waals surface area contributed by atoms with Gasteiger partial charge in [-0.05, 0) is 25.2 Å². The van der Waals surface area contributed by atoms with E-state index in [0.717, 1.165) is 12.3 Å². The molecule has 1 aliphatic carbocycles. The van der Waals surface area contributed by atoms with Gasteiger partial charge >= 0.3 is 0 Å². The molecule has 0 bridgehead atoms. The molecule has 0 spiro atoms. The summed E-state index contributed by atoms with van der Waals surface area (Å²) >= 11 is 1.80. The van der Waals surface area contributed by atoms with Crippen LogP contribution in [0.15, 0.2) is 6.20 Å². The zero-order valence-electron chi connectivity index (χ0n) is 8.12. The summed E-state index contributed by atoms with van der Waals surface area (Å²) in [5, 5.41) is 1.17. The molecular formula is C10H15NOS. The smallest absolute Gasteiger partial charge is 0.122 e. The van der Waals surface area contributed by atoms with Gasteiger partial charge in [-0.3, -0.25) is 0 Å². The largest absolute Gasteiger partial charge is 0.374 e. The highest BCUT2D eigenvalue weighted by atomic mass is 32.1. The Labute approximate surface area is 83.0 Å². The first-order chi connectivity index (χ1) is 6.35. The Morgan fingerprint density at radius 1 is 1.69 bits per heavy atom. The first-order valence-corrected chi connectivity index (χ1v) is 5.64. The number of thiazole rings is 1. The maximum absolute atomic E-state index is 5.47. The molecule has 13 heavy (non-hydrogen) atoms. The molecule has 1 atom stereocenters. The van der Waals surface area contributed by atoms with Gasteiger partial charge in [-0.1, -0.05) is 6.92 Å². The van der Waals surface area contributed by atoms with Gasteiger partial charge in [0.1, 0.15) is 11.1 Å². The predicted molar refractivity (Wildman–Crippen MR) is 54.0 cm³/mol. The number of hydrogen-bond acceptors (Lipinski definition) is 3. The number of aryl methyl sites for hydroxylation is 1. The van der Waals surface area contributed by atoms with E-state index in [0.29, 0.717) is 0 Å². The summed E-state index contributed by atoms with van der Waals surface area (Å²) in [4.78, 5) is 5.77. The van der Waals surface area contributed by atoms with Crippen LogP contribution in [0.4, 0.5) is 0 Å². The standard InChI is InChI=1S/C10H15NOS/c1-3-8-6-11-10(13-8)9(12-2)7-4-5-7/h6-7,9H,3-5H2,1-2H3. The molecule has 0 saturated heterocycles. The Bertz CT molecular complexity index is 280. The molecule has 2 nitrogen and oxygen atoms in total. The fraction of sp³-hybridized carbons (Fsp3) is 0.700. The average molecular weight is 197 g/mol. The summed E-state index contributed by atoms with van der Waals surface area (Å²) in [7, 11) is 1.79. The SMILES string of the molecule is CCc1cnc(C(OC)C2CC2)s1. The van der Waals surface area contributed by atoms with E-state index in [1.54, 1.807) is 18.4 Å². The van der Waals surface area contributed by atoms with Crippen molar-refractivity contribution in [3.63, 3.8) is 0 Å². The highest BCUT2D eigenvalue weighted by molar-refractivity contribution is 7.11. The zero-order valence-corrected chi connectivity index (χ0v) is 8.93. The lowest BCUT2D eigenvalue weighted by molar-refractivity contribution is 0.0844. The fourth-order valence-corrected chi connectivity index (χ4v) is 2.54. The van der Waals surface area contributed by atoms with Crippen LogP contribution in [0.5, 0.6) is 0 Å². The molecule has 0 N–H and O–H groups in total. The van der Waals surface area contributed by atoms with Gasteiger partial charge < -0.3 is 4.74 Å². The lowest BCUT2D eigenvalue weighted by Crippen LogP contribution is -2.02. The third kappa shape index (κ3) is 1.92. The molecule has 0 radical (unpaired) electrons. The lowest BCUT2D eigenvalue weighted by Gasteiger charge is -2.09. The van der Waals surface area contributed by atoms with Gasteiger partial charge in [0, 0.05) is 18.2 Å². The maximum atomic E-state index is 5.47. The number of ether oxygens (including phenoxy) is 1. The van der Waals surface area contributed by atoms with Crippen LogP contribution in [0.2, 0.25) is 0 Å². The minimum absolute atomic E-state index is 0.269. The highest BCUT2D eigenvalue weighted by Gasteiger charge is 2.34. The molecule has 1 aliphatic rings. The van der Waals surface area contributed by atoms with E-state index < -0.39 is 0 Å². The number of methoxy groups -OCH3 is 1. The summed E-state index contributed by atoms with van der Waals surface area (Å²) in [5.74, 6) is 0.737. The van der Waals surface area contributed by atoms with Gasteiger partial charge in [0.25, 0.3) is 0 Å². The van der Waals surface area contributed by atoms with Crippen molar-refractivity contribution in [3.8, 4) is 0 Å². The van der Waals surface area contributed by atoms with Crippen LogP contribution in [-0.4, -0.2) is 12.1 Å². The van der Waals surface area contributed by atoms with Gasteiger partial charge in [-0.25, -0.2) is 4.98 Å². The van der Waals surface area contributed by atoms with Crippen molar-refractivity contribution in [3.05, 3.63) is 16.1 Å². The van der Waals surface area contributed by atoms with Crippen molar-refractivity contribution >= 4 is 11.3 Å². The number of nitrogens with zero attached hydrogens (tertiary/aromatic N) is 1. The van der Waals surface area contributed by atoms with E-state index in [-0.39, 0.29) is 6.10 Å². The molecule has 72 valence electrons. The molecule has 1 aromatic heterocycles. The summed E-state index contributed by atoms with van der Waals surface area (Å²) in [5.41, 5.74) is 0. The van der Waals surface area contributed by atoms with Gasteiger partial charge in [-0.15, -0.1) is 11.3 Å². The monoisotopic (exact) mass is 197 g/mol. The minimum atomic E-state index is 0.269. The molecule has 0 aromatic carbocycles. The molecule has 1 unspecified atom stereocenters. The summed E-state index contributed by atoms with van der Waals surface area (Å²) in [6.45, 7) is 2.16. The molecule has 2 rings (SSSR count). The van der Waals surface area contributed by atoms with Crippen LogP contribution >= 0.6 is 11.3 Å². The zero-order chi connectivity index (χ0) is 9.26. The van der Waals surface area contributed by atoms with Gasteiger partial charge in [-0.2, -0.15) is 0 Å². The van der Waals surface area contributed by atoms with Crippen LogP contribution in [0.3, 0.4) is 0 Å². The van der Waals surface area contributed by atoms with E-state index in [2.05, 4.69) is 11.9 Å². The molecular weight excluding hydrogens is 182 g/mol. The van der Waals surface area contributed by atoms with Crippen LogP contribution in [-0.2, 0) is 11.2 Å². The first kappa shape index (κ1) is 9.16. The maximum Gasteiger partial charge on any atom is 0.122 e. The van der Waals surface area contributed by atoms with Crippen molar-refractivity contribution in [1.29, 1.82) is 0 Å². The Hall–Kier alpha value is -0.410. The Morgan fingerprint density at radius 2 is 2.46 bits per heavy atom. The van der Waals surface area contributed by atoms with Crippen molar-refractivity contribution in [2.45, 2.75) is 32.3 Å². The van der Waals surface area contributed by atoms with Gasteiger partial charge in [0.2, 0.25) is 0 Å². The Morgan fingerprint density at radius 3 is 2.92 bits per heavy atom. The molecule has 0 aliphatic heterocycles. The third-order valence-electron chi connectivity index (χ3n) is 2.47. The van der Waals surface area contributed by atoms with Crippen LogP contribution in [0.25, 0.3) is 0 Å². The normalized spacial score (nSPS) is 18.9. The highest BCUT2D eigenvalue weighted by Crippen LogP contribution is 2.43. The van der Waals surface area contributed by atoms with E-state index in [1.165, 1.54) is 22.7 Å². The van der Waals surface area contributed by atoms with Crippen molar-refractivity contribution < 1.29 is 4.74 Å². The first-order valence-electron chi connectivity index (χ1n) is 4.82. The number of hydrogen-bond donors (Lipinski definition) is 0. The summed E-state index contributed by atoms with van der Waals surface area (Å²) < 4.78 is 5.47. The minimum Gasteiger partial charge on any atom is -0.374 e. The second-order valence-electron chi connectivity index (χ2n) is 3.51. The molecule has 1 heterocycles. The summed E-state index contributed by atoms with van der Waals surface area (Å²) in [6.07, 6.45) is 5.94. The molecule has 1 saturated carbocycles. The van der Waals surface area contributed by atoms with Crippen LogP contribution in [0, 0.1) is 5.92 Å². The van der Waals surface area contributed by atoms with Gasteiger partial charge in [0.05, 0.1) is 0 Å². The predicted octanol–water partition coefficient (Wildman–Crippen LogP) is 2.80. The van der Waals surface area contributed by atoms with E-state index in [9.17, 15) is 0 Å². The molecule has 1 fully saturated rings.